The summed E-state index contributed by atoms with van der Waals surface area (Å²) < 4.78 is 0. The van der Waals surface area contributed by atoms with Crippen LogP contribution >= 0.6 is 0 Å². The predicted octanol–water partition coefficient (Wildman–Crippen LogP) is 5.55. The van der Waals surface area contributed by atoms with Gasteiger partial charge >= 0.3 is 0 Å². The summed E-state index contributed by atoms with van der Waals surface area (Å²) in [6.07, 6.45) is 3.66. The average molecular weight is 290 g/mol. The largest absolute Gasteiger partial charge is 0.312 e. The lowest BCUT2D eigenvalue weighted by Crippen LogP contribution is -2.43. The maximum Gasteiger partial charge on any atom is 0.00967 e. The molecule has 0 fully saturated rings. The van der Waals surface area contributed by atoms with Crippen molar-refractivity contribution < 1.29 is 0 Å². The van der Waals surface area contributed by atoms with E-state index in [9.17, 15) is 0 Å². The van der Waals surface area contributed by atoms with E-state index in [1.54, 1.807) is 0 Å². The molecule has 0 aliphatic heterocycles. The summed E-state index contributed by atoms with van der Waals surface area (Å²) in [4.78, 5) is 0. The zero-order valence-corrected chi connectivity index (χ0v) is 15.2. The summed E-state index contributed by atoms with van der Waals surface area (Å²) in [6.45, 7) is 17.0. The van der Waals surface area contributed by atoms with E-state index in [4.69, 9.17) is 0 Å². The molecule has 1 heteroatoms. The van der Waals surface area contributed by atoms with Gasteiger partial charge in [0.05, 0.1) is 0 Å². The van der Waals surface area contributed by atoms with Gasteiger partial charge in [-0.2, -0.15) is 0 Å². The van der Waals surface area contributed by atoms with Crippen molar-refractivity contribution in [3.05, 3.63) is 35.4 Å². The quantitative estimate of drug-likeness (QED) is 0.694. The third-order valence-corrected chi connectivity index (χ3v) is 4.18. The normalized spacial score (nSPS) is 15.2. The highest BCUT2D eigenvalue weighted by molar-refractivity contribution is 5.25. The summed E-state index contributed by atoms with van der Waals surface area (Å²) in [5.74, 6) is 0.614. The van der Waals surface area contributed by atoms with Crippen LogP contribution in [0.25, 0.3) is 0 Å². The van der Waals surface area contributed by atoms with Gasteiger partial charge in [-0.3, -0.25) is 0 Å². The van der Waals surface area contributed by atoms with E-state index in [1.807, 2.05) is 0 Å². The monoisotopic (exact) mass is 289 g/mol. The van der Waals surface area contributed by atoms with Crippen LogP contribution in [0.4, 0.5) is 0 Å². The highest BCUT2D eigenvalue weighted by atomic mass is 15.0. The van der Waals surface area contributed by atoms with Crippen LogP contribution in [-0.2, 0) is 6.42 Å². The first-order chi connectivity index (χ1) is 9.65. The molecule has 1 nitrogen and oxygen atoms in total. The Morgan fingerprint density at radius 2 is 1.57 bits per heavy atom. The molecule has 1 aromatic rings. The molecule has 0 saturated carbocycles. The Balaban J connectivity index is 2.76. The number of nitrogens with one attached hydrogen (secondary N) is 1. The van der Waals surface area contributed by atoms with E-state index in [0.29, 0.717) is 11.3 Å². The summed E-state index contributed by atoms with van der Waals surface area (Å²) in [5.41, 5.74) is 3.42. The number of hydrogen-bond acceptors (Lipinski definition) is 1. The Hall–Kier alpha value is -0.820. The molecular weight excluding hydrogens is 254 g/mol. The van der Waals surface area contributed by atoms with Gasteiger partial charge in [0.2, 0.25) is 0 Å². The summed E-state index contributed by atoms with van der Waals surface area (Å²) in [6, 6.07) is 9.23. The molecular formula is C20H35N. The Morgan fingerprint density at radius 1 is 1.00 bits per heavy atom. The molecule has 1 atom stereocenters. The molecule has 21 heavy (non-hydrogen) atoms. The van der Waals surface area contributed by atoms with Crippen LogP contribution in [0.5, 0.6) is 0 Å². The Morgan fingerprint density at radius 3 is 2.00 bits per heavy atom. The van der Waals surface area contributed by atoms with Crippen molar-refractivity contribution in [3.63, 3.8) is 0 Å². The maximum absolute atomic E-state index is 3.70. The van der Waals surface area contributed by atoms with E-state index in [0.717, 1.165) is 13.0 Å². The van der Waals surface area contributed by atoms with Crippen molar-refractivity contribution in [2.24, 2.45) is 5.41 Å². The van der Waals surface area contributed by atoms with Crippen LogP contribution < -0.4 is 5.32 Å². The minimum Gasteiger partial charge on any atom is -0.312 e. The first-order valence-corrected chi connectivity index (χ1v) is 8.49. The van der Waals surface area contributed by atoms with Crippen molar-refractivity contribution >= 4 is 0 Å². The second kappa shape index (κ2) is 7.45. The van der Waals surface area contributed by atoms with Gasteiger partial charge in [0.1, 0.15) is 0 Å². The molecule has 120 valence electrons. The lowest BCUT2D eigenvalue weighted by molar-refractivity contribution is 0.243. The molecule has 0 bridgehead atoms. The van der Waals surface area contributed by atoms with E-state index in [2.05, 4.69) is 78.0 Å². The second-order valence-electron chi connectivity index (χ2n) is 8.24. The topological polar surface area (TPSA) is 12.0 Å². The zero-order valence-electron chi connectivity index (χ0n) is 15.2. The molecule has 0 aromatic heterocycles. The summed E-state index contributed by atoms with van der Waals surface area (Å²) >= 11 is 0. The van der Waals surface area contributed by atoms with Gasteiger partial charge in [-0.1, -0.05) is 58.4 Å². The van der Waals surface area contributed by atoms with Crippen LogP contribution in [0.3, 0.4) is 0 Å². The fraction of sp³-hybridized carbons (Fsp3) is 0.700. The molecule has 0 aliphatic carbocycles. The molecule has 1 unspecified atom stereocenters. The van der Waals surface area contributed by atoms with Gasteiger partial charge in [-0.15, -0.1) is 0 Å². The van der Waals surface area contributed by atoms with Crippen molar-refractivity contribution in [2.75, 3.05) is 6.54 Å². The van der Waals surface area contributed by atoms with Crippen LogP contribution in [-0.4, -0.2) is 12.1 Å². The van der Waals surface area contributed by atoms with Crippen LogP contribution in [0.2, 0.25) is 0 Å². The molecule has 0 radical (unpaired) electrons. The third kappa shape index (κ3) is 6.65. The minimum atomic E-state index is 0.191. The van der Waals surface area contributed by atoms with E-state index in [1.165, 1.54) is 24.0 Å². The molecule has 1 rings (SSSR count). The molecule has 1 aromatic carbocycles. The Labute approximate surface area is 132 Å². The Kier molecular flexibility index (Phi) is 6.46. The molecule has 0 spiro atoms. The fourth-order valence-electron chi connectivity index (χ4n) is 2.83. The summed E-state index contributed by atoms with van der Waals surface area (Å²) in [7, 11) is 0. The standard InChI is InChI=1S/C20H35N/c1-8-13-20(7,15-21-19(4,5)6)14-17-9-11-18(12-10-17)16(2)3/h9-12,16,21H,8,13-15H2,1-7H3. The van der Waals surface area contributed by atoms with Crippen LogP contribution in [0.1, 0.15) is 78.4 Å². The molecule has 0 aliphatic rings. The van der Waals surface area contributed by atoms with Crippen molar-refractivity contribution in [1.29, 1.82) is 0 Å². The lowest BCUT2D eigenvalue weighted by Gasteiger charge is -2.34. The molecule has 0 heterocycles. The van der Waals surface area contributed by atoms with Gasteiger partial charge in [0.25, 0.3) is 0 Å². The van der Waals surface area contributed by atoms with Gasteiger partial charge in [-0.05, 0) is 56.1 Å². The molecule has 0 amide bonds. The minimum absolute atomic E-state index is 0.191. The van der Waals surface area contributed by atoms with Gasteiger partial charge in [0, 0.05) is 12.1 Å². The number of hydrogen-bond donors (Lipinski definition) is 1. The van der Waals surface area contributed by atoms with Crippen LogP contribution in [0.15, 0.2) is 24.3 Å². The zero-order chi connectivity index (χ0) is 16.1. The third-order valence-electron chi connectivity index (χ3n) is 4.18. The van der Waals surface area contributed by atoms with E-state index in [-0.39, 0.29) is 5.54 Å². The average Bonchev–Trinajstić information content (AvgIpc) is 2.37. The fourth-order valence-corrected chi connectivity index (χ4v) is 2.83. The Bertz CT molecular complexity index is 410. The van der Waals surface area contributed by atoms with Gasteiger partial charge < -0.3 is 5.32 Å². The molecule has 0 saturated heterocycles. The first-order valence-electron chi connectivity index (χ1n) is 8.49. The van der Waals surface area contributed by atoms with Crippen molar-refractivity contribution in [1.82, 2.24) is 5.32 Å². The lowest BCUT2D eigenvalue weighted by atomic mass is 9.79. The highest BCUT2D eigenvalue weighted by Gasteiger charge is 2.25. The first kappa shape index (κ1) is 18.2. The summed E-state index contributed by atoms with van der Waals surface area (Å²) in [5, 5.41) is 3.70. The highest BCUT2D eigenvalue weighted by Crippen LogP contribution is 2.29. The number of rotatable bonds is 7. The van der Waals surface area contributed by atoms with Crippen molar-refractivity contribution in [2.45, 2.75) is 79.2 Å². The maximum atomic E-state index is 3.70. The number of benzene rings is 1. The van der Waals surface area contributed by atoms with Crippen LogP contribution in [0, 0.1) is 5.41 Å². The smallest absolute Gasteiger partial charge is 0.00967 e. The SMILES string of the molecule is CCCC(C)(CNC(C)(C)C)Cc1ccc(C(C)C)cc1. The molecule has 1 N–H and O–H groups in total. The second-order valence-corrected chi connectivity index (χ2v) is 8.24. The van der Waals surface area contributed by atoms with Crippen molar-refractivity contribution in [3.8, 4) is 0 Å². The van der Waals surface area contributed by atoms with Gasteiger partial charge in [-0.25, -0.2) is 0 Å². The predicted molar refractivity (Wildman–Crippen MR) is 95.0 cm³/mol. The van der Waals surface area contributed by atoms with E-state index >= 15 is 0 Å². The van der Waals surface area contributed by atoms with Gasteiger partial charge in [0.15, 0.2) is 0 Å². The van der Waals surface area contributed by atoms with E-state index < -0.39 is 0 Å².